The Balaban J connectivity index is 1.59. The molecule has 1 heterocycles. The quantitative estimate of drug-likeness (QED) is 0.292. The fourth-order valence-electron chi connectivity index (χ4n) is 3.03. The van der Waals surface area contributed by atoms with E-state index in [2.05, 4.69) is 20.8 Å². The van der Waals surface area contributed by atoms with Crippen LogP contribution in [0.1, 0.15) is 34.7 Å². The number of anilines is 1. The average molecular weight is 473 g/mol. The number of aryl methyl sites for hydroxylation is 1. The van der Waals surface area contributed by atoms with Crippen molar-refractivity contribution in [2.24, 2.45) is 7.05 Å². The Bertz CT molecular complexity index is 1220. The molecule has 0 fully saturated rings. The Hall–Kier alpha value is -3.80. The van der Waals surface area contributed by atoms with Crippen molar-refractivity contribution in [3.05, 3.63) is 75.3 Å². The van der Waals surface area contributed by atoms with Gasteiger partial charge in [0.05, 0.1) is 22.3 Å². The number of nitrogens with zero attached hydrogens (tertiary/aromatic N) is 4. The maximum Gasteiger partial charge on any atom is 0.269 e. The van der Waals surface area contributed by atoms with E-state index in [9.17, 15) is 24.1 Å². The molecular formula is C21H21FN6O4S. The van der Waals surface area contributed by atoms with Crippen LogP contribution >= 0.6 is 11.8 Å². The van der Waals surface area contributed by atoms with Crippen LogP contribution in [-0.2, 0) is 11.8 Å². The summed E-state index contributed by atoms with van der Waals surface area (Å²) in [6, 6.07) is 9.30. The van der Waals surface area contributed by atoms with Gasteiger partial charge in [0.15, 0.2) is 11.0 Å². The predicted molar refractivity (Wildman–Crippen MR) is 120 cm³/mol. The van der Waals surface area contributed by atoms with Crippen LogP contribution in [0.25, 0.3) is 0 Å². The first-order valence-electron chi connectivity index (χ1n) is 9.79. The van der Waals surface area contributed by atoms with Crippen molar-refractivity contribution >= 4 is 35.0 Å². The number of carbonyl (C=O) groups excluding carboxylic acids is 2. The highest BCUT2D eigenvalue weighted by Gasteiger charge is 2.20. The monoisotopic (exact) mass is 472 g/mol. The molecule has 12 heteroatoms. The normalized spacial score (nSPS) is 11.6. The number of carbonyl (C=O) groups is 2. The second-order valence-corrected chi connectivity index (χ2v) is 8.11. The van der Waals surface area contributed by atoms with E-state index in [-0.39, 0.29) is 22.9 Å². The van der Waals surface area contributed by atoms with Gasteiger partial charge < -0.3 is 15.2 Å². The molecule has 2 aromatic carbocycles. The molecule has 0 unspecified atom stereocenters. The largest absolute Gasteiger partial charge is 0.342 e. The lowest BCUT2D eigenvalue weighted by atomic mass is 10.2. The number of hydrogen-bond acceptors (Lipinski definition) is 7. The van der Waals surface area contributed by atoms with Crippen LogP contribution in [0.3, 0.4) is 0 Å². The Morgan fingerprint density at radius 3 is 2.64 bits per heavy atom. The van der Waals surface area contributed by atoms with Gasteiger partial charge in [-0.15, -0.1) is 10.2 Å². The summed E-state index contributed by atoms with van der Waals surface area (Å²) in [5.74, 6) is -1.05. The van der Waals surface area contributed by atoms with Crippen molar-refractivity contribution in [1.29, 1.82) is 0 Å². The minimum absolute atomic E-state index is 0.0262. The molecular weight excluding hydrogens is 451 g/mol. The van der Waals surface area contributed by atoms with Crippen molar-refractivity contribution < 1.29 is 18.9 Å². The maximum atomic E-state index is 13.8. The van der Waals surface area contributed by atoms with Crippen LogP contribution in [0.15, 0.2) is 47.6 Å². The molecule has 0 spiro atoms. The molecule has 0 saturated carbocycles. The number of aromatic nitrogens is 3. The summed E-state index contributed by atoms with van der Waals surface area (Å²) < 4.78 is 15.5. The van der Waals surface area contributed by atoms with Crippen molar-refractivity contribution in [1.82, 2.24) is 20.1 Å². The van der Waals surface area contributed by atoms with Crippen molar-refractivity contribution in [3.8, 4) is 0 Å². The number of hydrogen-bond donors (Lipinski definition) is 2. The molecule has 1 atom stereocenters. The summed E-state index contributed by atoms with van der Waals surface area (Å²) in [5.41, 5.74) is 0.930. The predicted octanol–water partition coefficient (Wildman–Crippen LogP) is 3.39. The number of nitro benzene ring substituents is 1. The van der Waals surface area contributed by atoms with Gasteiger partial charge in [0, 0.05) is 24.9 Å². The van der Waals surface area contributed by atoms with E-state index < -0.39 is 22.7 Å². The highest BCUT2D eigenvalue weighted by Crippen LogP contribution is 2.23. The van der Waals surface area contributed by atoms with Gasteiger partial charge in [-0.25, -0.2) is 4.39 Å². The van der Waals surface area contributed by atoms with E-state index in [0.29, 0.717) is 22.2 Å². The Morgan fingerprint density at radius 2 is 1.97 bits per heavy atom. The first-order valence-corrected chi connectivity index (χ1v) is 10.8. The second-order valence-electron chi connectivity index (χ2n) is 7.17. The number of benzene rings is 2. The molecule has 10 nitrogen and oxygen atoms in total. The van der Waals surface area contributed by atoms with Crippen LogP contribution in [0.2, 0.25) is 0 Å². The lowest BCUT2D eigenvalue weighted by molar-refractivity contribution is -0.384. The molecule has 33 heavy (non-hydrogen) atoms. The third-order valence-corrected chi connectivity index (χ3v) is 5.77. The van der Waals surface area contributed by atoms with E-state index in [1.54, 1.807) is 31.5 Å². The molecule has 0 aliphatic heterocycles. The van der Waals surface area contributed by atoms with E-state index in [1.807, 2.05) is 0 Å². The third-order valence-electron chi connectivity index (χ3n) is 4.75. The molecule has 2 N–H and O–H groups in total. The van der Waals surface area contributed by atoms with Gasteiger partial charge in [-0.3, -0.25) is 19.7 Å². The molecule has 0 radical (unpaired) electrons. The van der Waals surface area contributed by atoms with Gasteiger partial charge >= 0.3 is 0 Å². The third kappa shape index (κ3) is 5.71. The molecule has 0 aliphatic rings. The van der Waals surface area contributed by atoms with Crippen LogP contribution in [0, 0.1) is 22.9 Å². The fourth-order valence-corrected chi connectivity index (χ4v) is 3.75. The number of halogens is 1. The molecule has 1 aromatic heterocycles. The van der Waals surface area contributed by atoms with Crippen LogP contribution < -0.4 is 10.6 Å². The smallest absolute Gasteiger partial charge is 0.269 e. The molecule has 172 valence electrons. The molecule has 0 bridgehead atoms. The first kappa shape index (κ1) is 23.9. The lowest BCUT2D eigenvalue weighted by Gasteiger charge is -2.14. The van der Waals surface area contributed by atoms with Gasteiger partial charge in [-0.1, -0.05) is 23.9 Å². The van der Waals surface area contributed by atoms with E-state index in [0.717, 1.165) is 11.8 Å². The van der Waals surface area contributed by atoms with Gasteiger partial charge in [0.2, 0.25) is 5.91 Å². The van der Waals surface area contributed by atoms with Gasteiger partial charge in [-0.2, -0.15) is 0 Å². The molecule has 3 aromatic rings. The van der Waals surface area contributed by atoms with Crippen LogP contribution in [0.5, 0.6) is 0 Å². The van der Waals surface area contributed by atoms with Crippen LogP contribution in [0.4, 0.5) is 15.8 Å². The Morgan fingerprint density at radius 1 is 1.24 bits per heavy atom. The number of thioether (sulfide) groups is 1. The zero-order chi connectivity index (χ0) is 24.1. The van der Waals surface area contributed by atoms with E-state index in [1.165, 1.54) is 36.4 Å². The number of amides is 2. The summed E-state index contributed by atoms with van der Waals surface area (Å²) in [6.45, 7) is 3.36. The highest BCUT2D eigenvalue weighted by atomic mass is 32.2. The van der Waals surface area contributed by atoms with E-state index in [4.69, 9.17) is 0 Å². The Kier molecular flexibility index (Phi) is 7.38. The molecule has 0 aliphatic carbocycles. The lowest BCUT2D eigenvalue weighted by Crippen LogP contribution is -2.29. The van der Waals surface area contributed by atoms with Crippen molar-refractivity contribution in [2.45, 2.75) is 25.0 Å². The van der Waals surface area contributed by atoms with Crippen LogP contribution in [-0.4, -0.2) is 37.3 Å². The maximum absolute atomic E-state index is 13.8. The molecule has 0 saturated heterocycles. The standard InChI is InChI=1S/C21H21FN6O4S/c1-12-10-14(28(31)32)8-9-17(12)24-18(29)11-33-21-26-25-19(27(21)3)13(2)23-20(30)15-6-4-5-7-16(15)22/h4-10,13H,11H2,1-3H3,(H,23,30)(H,24,29)/t13-/m0/s1. The number of rotatable bonds is 8. The van der Waals surface area contributed by atoms with Gasteiger partial charge in [0.25, 0.3) is 11.6 Å². The fraction of sp³-hybridized carbons (Fsp3) is 0.238. The molecule has 2 amide bonds. The summed E-state index contributed by atoms with van der Waals surface area (Å²) in [6.07, 6.45) is 0. The topological polar surface area (TPSA) is 132 Å². The number of nitrogens with one attached hydrogen (secondary N) is 2. The summed E-state index contributed by atoms with van der Waals surface area (Å²) in [4.78, 5) is 35.0. The Labute approximate surface area is 192 Å². The average Bonchev–Trinajstić information content (AvgIpc) is 3.14. The molecule has 3 rings (SSSR count). The first-order chi connectivity index (χ1) is 15.7. The van der Waals surface area contributed by atoms with E-state index >= 15 is 0 Å². The zero-order valence-electron chi connectivity index (χ0n) is 18.0. The van der Waals surface area contributed by atoms with Crippen molar-refractivity contribution in [3.63, 3.8) is 0 Å². The zero-order valence-corrected chi connectivity index (χ0v) is 18.9. The SMILES string of the molecule is Cc1cc([N+](=O)[O-])ccc1NC(=O)CSc1nnc([C@H](C)NC(=O)c2ccccc2F)n1C. The summed E-state index contributed by atoms with van der Waals surface area (Å²) >= 11 is 1.14. The summed E-state index contributed by atoms with van der Waals surface area (Å²) in [5, 5.41) is 24.8. The number of nitro groups is 1. The highest BCUT2D eigenvalue weighted by molar-refractivity contribution is 7.99. The van der Waals surface area contributed by atoms with Gasteiger partial charge in [-0.05, 0) is 37.6 Å². The summed E-state index contributed by atoms with van der Waals surface area (Å²) in [7, 11) is 1.70. The van der Waals surface area contributed by atoms with Crippen molar-refractivity contribution in [2.75, 3.05) is 11.1 Å². The minimum atomic E-state index is -0.620. The number of non-ortho nitro benzene ring substituents is 1. The minimum Gasteiger partial charge on any atom is -0.342 e. The van der Waals surface area contributed by atoms with Gasteiger partial charge in [0.1, 0.15) is 5.82 Å². The second kappa shape index (κ2) is 10.2.